The number of hydrogen-bond donors (Lipinski definition) is 2. The highest BCUT2D eigenvalue weighted by atomic mass is 16.3. The highest BCUT2D eigenvalue weighted by Crippen LogP contribution is 2.28. The van der Waals surface area contributed by atoms with Gasteiger partial charge in [-0.3, -0.25) is 0 Å². The third-order valence-corrected chi connectivity index (χ3v) is 4.28. The molecule has 2 rings (SSSR count). The fraction of sp³-hybridized carbons (Fsp3) is 0.867. The molecule has 2 N–H and O–H groups in total. The monoisotopic (exact) mass is 237 g/mol. The van der Waals surface area contributed by atoms with Crippen LogP contribution in [0, 0.1) is 11.8 Å². The first-order valence-corrected chi connectivity index (χ1v) is 7.24. The van der Waals surface area contributed by atoms with Gasteiger partial charge in [0, 0.05) is 6.04 Å². The Morgan fingerprint density at radius 2 is 2.12 bits per heavy atom. The van der Waals surface area contributed by atoms with Gasteiger partial charge in [-0.05, 0) is 51.0 Å². The van der Waals surface area contributed by atoms with Gasteiger partial charge in [0.25, 0.3) is 0 Å². The summed E-state index contributed by atoms with van der Waals surface area (Å²) in [5.41, 5.74) is 1.54. The molecule has 0 bridgehead atoms. The van der Waals surface area contributed by atoms with Crippen molar-refractivity contribution < 1.29 is 5.11 Å². The molecule has 0 aromatic rings. The van der Waals surface area contributed by atoms with Crippen molar-refractivity contribution in [3.05, 3.63) is 11.6 Å². The van der Waals surface area contributed by atoms with Gasteiger partial charge < -0.3 is 10.4 Å². The topological polar surface area (TPSA) is 32.3 Å². The molecule has 0 aromatic heterocycles. The van der Waals surface area contributed by atoms with Gasteiger partial charge in [0.2, 0.25) is 0 Å². The van der Waals surface area contributed by atoms with Crippen molar-refractivity contribution in [1.29, 1.82) is 0 Å². The summed E-state index contributed by atoms with van der Waals surface area (Å²) >= 11 is 0. The number of hydrogen-bond acceptors (Lipinski definition) is 2. The molecule has 0 saturated heterocycles. The molecule has 1 saturated carbocycles. The average molecular weight is 237 g/mol. The van der Waals surface area contributed by atoms with Gasteiger partial charge in [0.1, 0.15) is 0 Å². The normalized spacial score (nSPS) is 38.9. The first kappa shape index (κ1) is 13.1. The summed E-state index contributed by atoms with van der Waals surface area (Å²) in [5.74, 6) is 1.50. The fourth-order valence-electron chi connectivity index (χ4n) is 3.51. The van der Waals surface area contributed by atoms with Gasteiger partial charge in [0.15, 0.2) is 0 Å². The number of aliphatic hydroxyl groups excluding tert-OH is 1. The summed E-state index contributed by atoms with van der Waals surface area (Å²) < 4.78 is 0. The zero-order valence-corrected chi connectivity index (χ0v) is 11.3. The highest BCUT2D eigenvalue weighted by molar-refractivity contribution is 5.06. The van der Waals surface area contributed by atoms with Crippen molar-refractivity contribution in [3.63, 3.8) is 0 Å². The lowest BCUT2D eigenvalue weighted by Crippen LogP contribution is -2.44. The van der Waals surface area contributed by atoms with Gasteiger partial charge in [-0.1, -0.05) is 31.4 Å². The molecular formula is C15H27NO. The van der Waals surface area contributed by atoms with E-state index < -0.39 is 0 Å². The van der Waals surface area contributed by atoms with Crippen LogP contribution in [0.3, 0.4) is 0 Å². The van der Waals surface area contributed by atoms with E-state index in [9.17, 15) is 5.11 Å². The van der Waals surface area contributed by atoms with Crippen LogP contribution >= 0.6 is 0 Å². The Labute approximate surface area is 105 Å². The Morgan fingerprint density at radius 1 is 1.35 bits per heavy atom. The molecule has 4 atom stereocenters. The van der Waals surface area contributed by atoms with Gasteiger partial charge >= 0.3 is 0 Å². The van der Waals surface area contributed by atoms with Gasteiger partial charge in [-0.25, -0.2) is 0 Å². The van der Waals surface area contributed by atoms with Crippen molar-refractivity contribution in [1.82, 2.24) is 5.32 Å². The second-order valence-electron chi connectivity index (χ2n) is 6.16. The summed E-state index contributed by atoms with van der Waals surface area (Å²) in [6.45, 7) is 5.64. The first-order chi connectivity index (χ1) is 8.15. The lowest BCUT2D eigenvalue weighted by atomic mass is 9.83. The maximum Gasteiger partial charge on any atom is 0.0693 e. The molecule has 0 aliphatic heterocycles. The van der Waals surface area contributed by atoms with E-state index in [1.165, 1.54) is 25.7 Å². The minimum Gasteiger partial charge on any atom is -0.392 e. The standard InChI is InChI=1S/C15H27NO/c1-11-7-12(2)9-13(8-11)10-16-14-5-3-4-6-15(14)17/h7,11,13-17H,3-6,8-10H2,1-2H3. The molecular weight excluding hydrogens is 210 g/mol. The maximum atomic E-state index is 9.93. The SMILES string of the molecule is CC1=CC(C)CC(CNC2CCCCC2O)C1. The summed E-state index contributed by atoms with van der Waals surface area (Å²) in [6, 6.07) is 0.352. The predicted molar refractivity (Wildman–Crippen MR) is 71.9 cm³/mol. The Bertz CT molecular complexity index is 274. The van der Waals surface area contributed by atoms with E-state index in [1.807, 2.05) is 0 Å². The van der Waals surface area contributed by atoms with Crippen LogP contribution in [-0.4, -0.2) is 23.8 Å². The van der Waals surface area contributed by atoms with Crippen LogP contribution in [0.4, 0.5) is 0 Å². The summed E-state index contributed by atoms with van der Waals surface area (Å²) in [5, 5.41) is 13.5. The van der Waals surface area contributed by atoms with E-state index in [0.29, 0.717) is 6.04 Å². The predicted octanol–water partition coefficient (Wildman–Crippen LogP) is 2.87. The summed E-state index contributed by atoms with van der Waals surface area (Å²) in [7, 11) is 0. The summed E-state index contributed by atoms with van der Waals surface area (Å²) in [6.07, 6.45) is 9.44. The van der Waals surface area contributed by atoms with Gasteiger partial charge in [-0.2, -0.15) is 0 Å². The molecule has 0 radical (unpaired) electrons. The smallest absolute Gasteiger partial charge is 0.0693 e. The Kier molecular flexibility index (Phi) is 4.63. The molecule has 2 nitrogen and oxygen atoms in total. The quantitative estimate of drug-likeness (QED) is 0.740. The van der Waals surface area contributed by atoms with Crippen LogP contribution in [0.25, 0.3) is 0 Å². The second kappa shape index (κ2) is 6.01. The van der Waals surface area contributed by atoms with Crippen LogP contribution in [-0.2, 0) is 0 Å². The van der Waals surface area contributed by atoms with Crippen molar-refractivity contribution in [3.8, 4) is 0 Å². The Morgan fingerprint density at radius 3 is 2.82 bits per heavy atom. The third-order valence-electron chi connectivity index (χ3n) is 4.28. The van der Waals surface area contributed by atoms with Crippen LogP contribution < -0.4 is 5.32 Å². The number of nitrogens with one attached hydrogen (secondary N) is 1. The Hall–Kier alpha value is -0.340. The van der Waals surface area contributed by atoms with E-state index >= 15 is 0 Å². The molecule has 1 fully saturated rings. The van der Waals surface area contributed by atoms with Crippen molar-refractivity contribution >= 4 is 0 Å². The number of rotatable bonds is 3. The Balaban J connectivity index is 1.76. The number of aliphatic hydroxyl groups is 1. The molecule has 2 aliphatic rings. The molecule has 0 aromatic carbocycles. The van der Waals surface area contributed by atoms with Gasteiger partial charge in [-0.15, -0.1) is 0 Å². The van der Waals surface area contributed by atoms with Crippen molar-refractivity contribution in [2.75, 3.05) is 6.54 Å². The lowest BCUT2D eigenvalue weighted by molar-refractivity contribution is 0.0881. The van der Waals surface area contributed by atoms with Crippen LogP contribution in [0.5, 0.6) is 0 Å². The lowest BCUT2D eigenvalue weighted by Gasteiger charge is -2.32. The largest absolute Gasteiger partial charge is 0.392 e. The minimum atomic E-state index is -0.110. The molecule has 4 unspecified atom stereocenters. The molecule has 2 heteroatoms. The maximum absolute atomic E-state index is 9.93. The molecule has 0 heterocycles. The zero-order valence-electron chi connectivity index (χ0n) is 11.3. The number of allylic oxidation sites excluding steroid dienone is 2. The minimum absolute atomic E-state index is 0.110. The molecule has 98 valence electrons. The summed E-state index contributed by atoms with van der Waals surface area (Å²) in [4.78, 5) is 0. The van der Waals surface area contributed by atoms with E-state index in [-0.39, 0.29) is 6.10 Å². The first-order valence-electron chi connectivity index (χ1n) is 7.24. The zero-order chi connectivity index (χ0) is 12.3. The fourth-order valence-corrected chi connectivity index (χ4v) is 3.51. The van der Waals surface area contributed by atoms with Crippen LogP contribution in [0.1, 0.15) is 52.4 Å². The van der Waals surface area contributed by atoms with E-state index in [4.69, 9.17) is 0 Å². The molecule has 0 amide bonds. The molecule has 0 spiro atoms. The van der Waals surface area contributed by atoms with E-state index in [0.717, 1.165) is 31.2 Å². The van der Waals surface area contributed by atoms with Crippen molar-refractivity contribution in [2.24, 2.45) is 11.8 Å². The van der Waals surface area contributed by atoms with Crippen LogP contribution in [0.2, 0.25) is 0 Å². The van der Waals surface area contributed by atoms with E-state index in [1.54, 1.807) is 5.57 Å². The third kappa shape index (κ3) is 3.82. The molecule has 17 heavy (non-hydrogen) atoms. The van der Waals surface area contributed by atoms with Crippen molar-refractivity contribution in [2.45, 2.75) is 64.5 Å². The van der Waals surface area contributed by atoms with Gasteiger partial charge in [0.05, 0.1) is 6.10 Å². The highest BCUT2D eigenvalue weighted by Gasteiger charge is 2.24. The molecule has 2 aliphatic carbocycles. The second-order valence-corrected chi connectivity index (χ2v) is 6.16. The average Bonchev–Trinajstić information content (AvgIpc) is 2.27. The van der Waals surface area contributed by atoms with Crippen LogP contribution in [0.15, 0.2) is 11.6 Å². The van der Waals surface area contributed by atoms with E-state index in [2.05, 4.69) is 25.2 Å².